The lowest BCUT2D eigenvalue weighted by atomic mass is 9.70. The van der Waals surface area contributed by atoms with Crippen LogP contribution in [-0.4, -0.2) is 73.9 Å². The van der Waals surface area contributed by atoms with Crippen molar-refractivity contribution in [2.24, 2.45) is 5.92 Å². The molecule has 1 aliphatic heterocycles. The van der Waals surface area contributed by atoms with Gasteiger partial charge in [0, 0.05) is 38.6 Å². The summed E-state index contributed by atoms with van der Waals surface area (Å²) in [6, 6.07) is 21.7. The molecule has 0 radical (unpaired) electrons. The van der Waals surface area contributed by atoms with Crippen LogP contribution >= 0.6 is 24.8 Å². The quantitative estimate of drug-likeness (QED) is 0.420. The van der Waals surface area contributed by atoms with Gasteiger partial charge in [0.1, 0.15) is 17.4 Å². The highest BCUT2D eigenvalue weighted by Gasteiger charge is 2.45. The summed E-state index contributed by atoms with van der Waals surface area (Å²) in [4.78, 5) is 17.8. The number of piperazine rings is 1. The van der Waals surface area contributed by atoms with Crippen molar-refractivity contribution in [3.05, 3.63) is 77.9 Å². The highest BCUT2D eigenvalue weighted by molar-refractivity contribution is 5.92. The fraction of sp³-hybridized carbons (Fsp3) is 0.433. The van der Waals surface area contributed by atoms with Crippen molar-refractivity contribution in [2.45, 2.75) is 31.0 Å². The maximum absolute atomic E-state index is 13.0. The van der Waals surface area contributed by atoms with E-state index in [0.29, 0.717) is 30.6 Å². The molecule has 38 heavy (non-hydrogen) atoms. The summed E-state index contributed by atoms with van der Waals surface area (Å²) in [5.41, 5.74) is 0.418. The number of rotatable bonds is 6. The zero-order chi connectivity index (χ0) is 25.1. The second kappa shape index (κ2) is 13.1. The van der Waals surface area contributed by atoms with E-state index in [4.69, 9.17) is 9.47 Å². The lowest BCUT2D eigenvalue weighted by molar-refractivity contribution is -0.100. The van der Waals surface area contributed by atoms with Gasteiger partial charge >= 0.3 is 5.97 Å². The third kappa shape index (κ3) is 6.44. The van der Waals surface area contributed by atoms with E-state index < -0.39 is 5.60 Å². The monoisotopic (exact) mass is 560 g/mol. The molecule has 3 aromatic rings. The first-order valence-corrected chi connectivity index (χ1v) is 12.9. The molecule has 1 N–H and O–H groups in total. The fourth-order valence-electron chi connectivity index (χ4n) is 5.76. The highest BCUT2D eigenvalue weighted by atomic mass is 35.5. The molecule has 3 unspecified atom stereocenters. The van der Waals surface area contributed by atoms with E-state index >= 15 is 0 Å². The lowest BCUT2D eigenvalue weighted by Gasteiger charge is -2.46. The molecule has 5 rings (SSSR count). The lowest BCUT2D eigenvalue weighted by Crippen LogP contribution is -2.52. The molecule has 0 amide bonds. The second-order valence-corrected chi connectivity index (χ2v) is 10.3. The van der Waals surface area contributed by atoms with Crippen LogP contribution in [0.3, 0.4) is 0 Å². The van der Waals surface area contributed by atoms with Crippen LogP contribution in [-0.2, 0) is 10.3 Å². The van der Waals surface area contributed by atoms with E-state index in [1.807, 2.05) is 24.3 Å². The van der Waals surface area contributed by atoms with Crippen LogP contribution in [0.5, 0.6) is 5.75 Å². The van der Waals surface area contributed by atoms with Gasteiger partial charge in [-0.2, -0.15) is 0 Å². The largest absolute Gasteiger partial charge is 0.496 e. The van der Waals surface area contributed by atoms with E-state index in [2.05, 4.69) is 47.2 Å². The molecule has 3 atom stereocenters. The molecule has 3 aromatic carbocycles. The van der Waals surface area contributed by atoms with Crippen LogP contribution in [0.2, 0.25) is 0 Å². The van der Waals surface area contributed by atoms with Gasteiger partial charge in [-0.25, -0.2) is 4.79 Å². The smallest absolute Gasteiger partial charge is 0.342 e. The zero-order valence-corrected chi connectivity index (χ0v) is 23.7. The summed E-state index contributed by atoms with van der Waals surface area (Å²) in [7, 11) is 3.71. The number of methoxy groups -OCH3 is 1. The molecule has 1 saturated heterocycles. The van der Waals surface area contributed by atoms with E-state index in [1.165, 1.54) is 5.39 Å². The number of hydrogen-bond donors (Lipinski definition) is 1. The molecule has 2 fully saturated rings. The number of carbonyl (C=O) groups is 1. The van der Waals surface area contributed by atoms with Crippen LogP contribution < -0.4 is 4.74 Å². The van der Waals surface area contributed by atoms with Gasteiger partial charge in [0.05, 0.1) is 12.7 Å². The molecule has 1 heterocycles. The van der Waals surface area contributed by atoms with Crippen molar-refractivity contribution < 1.29 is 19.4 Å². The zero-order valence-electron chi connectivity index (χ0n) is 22.0. The van der Waals surface area contributed by atoms with Crippen LogP contribution in [0.15, 0.2) is 66.7 Å². The van der Waals surface area contributed by atoms with E-state index in [9.17, 15) is 9.90 Å². The number of nitrogens with zero attached hydrogens (tertiary/aromatic N) is 2. The number of hydrogen-bond acceptors (Lipinski definition) is 6. The minimum atomic E-state index is -0.972. The van der Waals surface area contributed by atoms with Gasteiger partial charge in [0.25, 0.3) is 0 Å². The Morgan fingerprint density at radius 1 is 0.974 bits per heavy atom. The SMILES string of the molecule is COc1ccccc1C(=O)OC1CCC(O)(c2ccc3ccccc3c2)C(CN2CCN(C)CC2)C1.Cl.Cl. The van der Waals surface area contributed by atoms with E-state index in [1.54, 1.807) is 19.2 Å². The van der Waals surface area contributed by atoms with Gasteiger partial charge in [-0.1, -0.05) is 48.5 Å². The minimum Gasteiger partial charge on any atom is -0.496 e. The van der Waals surface area contributed by atoms with Crippen LogP contribution in [0.4, 0.5) is 0 Å². The Morgan fingerprint density at radius 2 is 1.66 bits per heavy atom. The standard InChI is InChI=1S/C30H36N2O4.2ClH/c1-31-15-17-32(18-16-31)21-25-20-26(36-29(33)27-9-5-6-10-28(27)35-2)13-14-30(25,34)24-12-11-22-7-3-4-8-23(22)19-24;;/h3-12,19,25-26,34H,13-18,20-21H2,1-2H3;2*1H. The van der Waals surface area contributed by atoms with Gasteiger partial charge in [-0.15, -0.1) is 24.8 Å². The Morgan fingerprint density at radius 3 is 2.39 bits per heavy atom. The van der Waals surface area contributed by atoms with Crippen LogP contribution in [0.1, 0.15) is 35.2 Å². The maximum Gasteiger partial charge on any atom is 0.342 e. The molecule has 0 aromatic heterocycles. The molecule has 206 valence electrons. The third-order valence-corrected chi connectivity index (χ3v) is 7.99. The maximum atomic E-state index is 13.0. The Balaban J connectivity index is 0.00000200. The molecule has 8 heteroatoms. The summed E-state index contributed by atoms with van der Waals surface area (Å²) in [6.45, 7) is 4.78. The average molecular weight is 562 g/mol. The predicted octanol–water partition coefficient (Wildman–Crippen LogP) is 5.15. The number of ether oxygens (including phenoxy) is 2. The van der Waals surface area contributed by atoms with Gasteiger partial charge in [-0.3, -0.25) is 0 Å². The number of carbonyl (C=O) groups excluding carboxylic acids is 1. The van der Waals surface area contributed by atoms with Crippen molar-refractivity contribution in [1.82, 2.24) is 9.80 Å². The molecule has 2 aliphatic rings. The summed E-state index contributed by atoms with van der Waals surface area (Å²) >= 11 is 0. The summed E-state index contributed by atoms with van der Waals surface area (Å²) in [6.07, 6.45) is 1.54. The molecular weight excluding hydrogens is 523 g/mol. The van der Waals surface area contributed by atoms with Crippen molar-refractivity contribution in [1.29, 1.82) is 0 Å². The number of halogens is 2. The Labute approximate surface area is 237 Å². The Bertz CT molecular complexity index is 1220. The predicted molar refractivity (Wildman–Crippen MR) is 156 cm³/mol. The first kappa shape index (κ1) is 30.2. The molecule has 6 nitrogen and oxygen atoms in total. The number of likely N-dealkylation sites (N-methyl/N-ethyl adjacent to an activating group) is 1. The van der Waals surface area contributed by atoms with E-state index in [-0.39, 0.29) is 42.8 Å². The molecule has 1 saturated carbocycles. The first-order chi connectivity index (χ1) is 17.5. The van der Waals surface area contributed by atoms with Gasteiger partial charge in [0.15, 0.2) is 0 Å². The highest BCUT2D eigenvalue weighted by Crippen LogP contribution is 2.44. The third-order valence-electron chi connectivity index (χ3n) is 7.99. The Hall–Kier alpha value is -2.35. The first-order valence-electron chi connectivity index (χ1n) is 12.9. The summed E-state index contributed by atoms with van der Waals surface area (Å²) < 4.78 is 11.4. The minimum absolute atomic E-state index is 0. The normalized spacial score (nSPS) is 24.2. The molecule has 0 bridgehead atoms. The summed E-state index contributed by atoms with van der Waals surface area (Å²) in [5, 5.41) is 14.5. The van der Waals surface area contributed by atoms with Crippen molar-refractivity contribution in [2.75, 3.05) is 46.9 Å². The Kier molecular flexibility index (Phi) is 10.4. The van der Waals surface area contributed by atoms with Gasteiger partial charge < -0.3 is 24.4 Å². The topological polar surface area (TPSA) is 62.2 Å². The van der Waals surface area contributed by atoms with E-state index in [0.717, 1.165) is 43.7 Å². The number of benzene rings is 3. The number of para-hydroxylation sites is 1. The van der Waals surface area contributed by atoms with Crippen LogP contribution in [0.25, 0.3) is 10.8 Å². The number of aliphatic hydroxyl groups is 1. The number of esters is 1. The summed E-state index contributed by atoms with van der Waals surface area (Å²) in [5.74, 6) is 0.0956. The van der Waals surface area contributed by atoms with Gasteiger partial charge in [0.2, 0.25) is 0 Å². The molecule has 1 aliphatic carbocycles. The van der Waals surface area contributed by atoms with Gasteiger partial charge in [-0.05, 0) is 60.8 Å². The molecule has 0 spiro atoms. The van der Waals surface area contributed by atoms with Crippen molar-refractivity contribution in [3.63, 3.8) is 0 Å². The average Bonchev–Trinajstić information content (AvgIpc) is 2.91. The number of fused-ring (bicyclic) bond motifs is 1. The fourth-order valence-corrected chi connectivity index (χ4v) is 5.76. The van der Waals surface area contributed by atoms with Crippen molar-refractivity contribution in [3.8, 4) is 5.75 Å². The second-order valence-electron chi connectivity index (χ2n) is 10.3. The van der Waals surface area contributed by atoms with Crippen LogP contribution in [0, 0.1) is 5.92 Å². The van der Waals surface area contributed by atoms with Crippen molar-refractivity contribution >= 4 is 41.6 Å². The molecular formula is C30H38Cl2N2O4.